The molecule has 0 aromatic rings. The number of ether oxygens (including phenoxy) is 2. The van der Waals surface area contributed by atoms with Crippen molar-refractivity contribution in [2.24, 2.45) is 5.92 Å². The number of rotatable bonds is 3. The molecule has 2 rings (SSSR count). The van der Waals surface area contributed by atoms with Crippen molar-refractivity contribution in [3.05, 3.63) is 0 Å². The molecule has 16 heavy (non-hydrogen) atoms. The van der Waals surface area contributed by atoms with Crippen molar-refractivity contribution >= 4 is 0 Å². The van der Waals surface area contributed by atoms with Gasteiger partial charge in [-0.2, -0.15) is 0 Å². The van der Waals surface area contributed by atoms with Gasteiger partial charge < -0.3 is 14.8 Å². The second-order valence-electron chi connectivity index (χ2n) is 5.71. The fourth-order valence-electron chi connectivity index (χ4n) is 2.55. The molecule has 1 N–H and O–H groups in total. The van der Waals surface area contributed by atoms with E-state index < -0.39 is 0 Å². The Morgan fingerprint density at radius 1 is 1.31 bits per heavy atom. The maximum absolute atomic E-state index is 6.10. The van der Waals surface area contributed by atoms with Crippen LogP contribution in [0.1, 0.15) is 46.5 Å². The van der Waals surface area contributed by atoms with Gasteiger partial charge in [-0.25, -0.2) is 0 Å². The molecule has 1 unspecified atom stereocenters. The molecule has 2 fully saturated rings. The van der Waals surface area contributed by atoms with Crippen LogP contribution in [0.15, 0.2) is 0 Å². The second kappa shape index (κ2) is 5.03. The normalized spacial score (nSPS) is 39.8. The first-order valence-electron chi connectivity index (χ1n) is 6.65. The topological polar surface area (TPSA) is 30.5 Å². The highest BCUT2D eigenvalue weighted by molar-refractivity contribution is 4.85. The monoisotopic (exact) mass is 227 g/mol. The van der Waals surface area contributed by atoms with Crippen LogP contribution in [0.25, 0.3) is 0 Å². The van der Waals surface area contributed by atoms with Crippen LogP contribution in [0.2, 0.25) is 0 Å². The Balaban J connectivity index is 1.78. The predicted octanol–water partition coefficient (Wildman–Crippen LogP) is 2.31. The smallest absolute Gasteiger partial charge is 0.168 e. The van der Waals surface area contributed by atoms with Gasteiger partial charge in [0.2, 0.25) is 0 Å². The Labute approximate surface area is 98.9 Å². The average Bonchev–Trinajstić information content (AvgIpc) is 2.64. The molecule has 3 nitrogen and oxygen atoms in total. The third-order valence-corrected chi connectivity index (χ3v) is 3.70. The zero-order valence-electron chi connectivity index (χ0n) is 10.8. The van der Waals surface area contributed by atoms with Gasteiger partial charge in [0, 0.05) is 25.4 Å². The Morgan fingerprint density at radius 3 is 2.62 bits per heavy atom. The van der Waals surface area contributed by atoms with Crippen LogP contribution in [-0.4, -0.2) is 31.1 Å². The molecule has 0 radical (unpaired) electrons. The van der Waals surface area contributed by atoms with Crippen molar-refractivity contribution in [1.29, 1.82) is 0 Å². The number of hydrogen-bond acceptors (Lipinski definition) is 3. The van der Waals surface area contributed by atoms with E-state index in [2.05, 4.69) is 26.1 Å². The van der Waals surface area contributed by atoms with E-state index in [9.17, 15) is 0 Å². The first-order valence-corrected chi connectivity index (χ1v) is 6.65. The molecule has 1 heterocycles. The largest absolute Gasteiger partial charge is 0.347 e. The lowest BCUT2D eigenvalue weighted by molar-refractivity contribution is -0.191. The van der Waals surface area contributed by atoms with Crippen LogP contribution in [-0.2, 0) is 9.47 Å². The van der Waals surface area contributed by atoms with Gasteiger partial charge >= 0.3 is 0 Å². The Bertz CT molecular complexity index is 222. The van der Waals surface area contributed by atoms with Gasteiger partial charge in [-0.3, -0.25) is 0 Å². The summed E-state index contributed by atoms with van der Waals surface area (Å²) >= 11 is 0. The predicted molar refractivity (Wildman–Crippen MR) is 64.3 cm³/mol. The van der Waals surface area contributed by atoms with Gasteiger partial charge in [0.1, 0.15) is 0 Å². The third kappa shape index (κ3) is 2.96. The summed E-state index contributed by atoms with van der Waals surface area (Å²) in [5, 5.41) is 3.41. The number of nitrogens with one attached hydrogen (secondary N) is 1. The maximum atomic E-state index is 6.10. The van der Waals surface area contributed by atoms with Crippen LogP contribution in [0.3, 0.4) is 0 Å². The van der Waals surface area contributed by atoms with E-state index in [4.69, 9.17) is 9.47 Å². The van der Waals surface area contributed by atoms with E-state index in [0.717, 1.165) is 31.9 Å². The molecular weight excluding hydrogens is 202 g/mol. The summed E-state index contributed by atoms with van der Waals surface area (Å²) in [5.74, 6) is 0.612. The molecule has 0 aromatic heterocycles. The Morgan fingerprint density at radius 2 is 2.00 bits per heavy atom. The summed E-state index contributed by atoms with van der Waals surface area (Å²) < 4.78 is 12.0. The summed E-state index contributed by atoms with van der Waals surface area (Å²) in [6, 6.07) is 0.520. The van der Waals surface area contributed by atoms with Crippen molar-refractivity contribution < 1.29 is 9.47 Å². The fraction of sp³-hybridized carbons (Fsp3) is 1.00. The highest BCUT2D eigenvalue weighted by Gasteiger charge is 2.43. The Hall–Kier alpha value is -0.120. The SMILES string of the molecule is CC1CCC2(CC1)OCC(CNC(C)C)O2. The molecule has 0 aromatic carbocycles. The minimum Gasteiger partial charge on any atom is -0.347 e. The summed E-state index contributed by atoms with van der Waals surface area (Å²) in [7, 11) is 0. The van der Waals surface area contributed by atoms with Crippen molar-refractivity contribution in [1.82, 2.24) is 5.32 Å². The Kier molecular flexibility index (Phi) is 3.88. The molecule has 1 aliphatic carbocycles. The minimum atomic E-state index is -0.226. The first-order chi connectivity index (χ1) is 7.60. The van der Waals surface area contributed by atoms with Crippen molar-refractivity contribution in [3.63, 3.8) is 0 Å². The van der Waals surface area contributed by atoms with Crippen molar-refractivity contribution in [3.8, 4) is 0 Å². The molecule has 2 aliphatic rings. The van der Waals surface area contributed by atoms with Gasteiger partial charge in [0.25, 0.3) is 0 Å². The van der Waals surface area contributed by atoms with Gasteiger partial charge in [0.05, 0.1) is 12.7 Å². The van der Waals surface area contributed by atoms with Crippen LogP contribution < -0.4 is 5.32 Å². The van der Waals surface area contributed by atoms with Crippen LogP contribution in [0.5, 0.6) is 0 Å². The zero-order chi connectivity index (χ0) is 11.6. The molecule has 1 spiro atoms. The second-order valence-corrected chi connectivity index (χ2v) is 5.71. The summed E-state index contributed by atoms with van der Waals surface area (Å²) in [4.78, 5) is 0. The summed E-state index contributed by atoms with van der Waals surface area (Å²) in [6.45, 7) is 8.31. The standard InChI is InChI=1S/C13H25NO2/c1-10(2)14-8-12-9-15-13(16-12)6-4-11(3)5-7-13/h10-12,14H,4-9H2,1-3H3. The quantitative estimate of drug-likeness (QED) is 0.802. The van der Waals surface area contributed by atoms with E-state index in [0.29, 0.717) is 6.04 Å². The van der Waals surface area contributed by atoms with E-state index >= 15 is 0 Å². The molecule has 94 valence electrons. The minimum absolute atomic E-state index is 0.226. The van der Waals surface area contributed by atoms with E-state index in [1.807, 2.05) is 0 Å². The lowest BCUT2D eigenvalue weighted by atomic mass is 9.86. The van der Waals surface area contributed by atoms with Gasteiger partial charge in [-0.1, -0.05) is 20.8 Å². The van der Waals surface area contributed by atoms with Gasteiger partial charge in [-0.05, 0) is 18.8 Å². The molecule has 0 bridgehead atoms. The maximum Gasteiger partial charge on any atom is 0.168 e. The lowest BCUT2D eigenvalue weighted by Gasteiger charge is -2.34. The van der Waals surface area contributed by atoms with Crippen LogP contribution >= 0.6 is 0 Å². The lowest BCUT2D eigenvalue weighted by Crippen LogP contribution is -2.38. The van der Waals surface area contributed by atoms with Gasteiger partial charge in [-0.15, -0.1) is 0 Å². The highest BCUT2D eigenvalue weighted by Crippen LogP contribution is 2.39. The van der Waals surface area contributed by atoms with Crippen LogP contribution in [0, 0.1) is 5.92 Å². The van der Waals surface area contributed by atoms with Crippen LogP contribution in [0.4, 0.5) is 0 Å². The fourth-order valence-corrected chi connectivity index (χ4v) is 2.55. The molecule has 1 aliphatic heterocycles. The summed E-state index contributed by atoms with van der Waals surface area (Å²) in [6.07, 6.45) is 4.88. The molecule has 0 amide bonds. The van der Waals surface area contributed by atoms with Crippen molar-refractivity contribution in [2.45, 2.75) is 64.4 Å². The molecule has 1 atom stereocenters. The van der Waals surface area contributed by atoms with Gasteiger partial charge in [0.15, 0.2) is 5.79 Å². The third-order valence-electron chi connectivity index (χ3n) is 3.70. The molecule has 1 saturated carbocycles. The average molecular weight is 227 g/mol. The molecule has 3 heteroatoms. The first kappa shape index (κ1) is 12.3. The molecular formula is C13H25NO2. The molecule has 1 saturated heterocycles. The van der Waals surface area contributed by atoms with Crippen molar-refractivity contribution in [2.75, 3.05) is 13.2 Å². The highest BCUT2D eigenvalue weighted by atomic mass is 16.7. The zero-order valence-corrected chi connectivity index (χ0v) is 10.8. The van der Waals surface area contributed by atoms with E-state index in [1.165, 1.54) is 12.8 Å². The summed E-state index contributed by atoms with van der Waals surface area (Å²) in [5.41, 5.74) is 0. The van der Waals surface area contributed by atoms with E-state index in [-0.39, 0.29) is 11.9 Å². The number of hydrogen-bond donors (Lipinski definition) is 1. The van der Waals surface area contributed by atoms with E-state index in [1.54, 1.807) is 0 Å².